The van der Waals surface area contributed by atoms with Crippen molar-refractivity contribution in [3.63, 3.8) is 0 Å². The predicted octanol–water partition coefficient (Wildman–Crippen LogP) is 18.4. The quantitative estimate of drug-likeness (QED) is 0.0169. The second kappa shape index (κ2) is 45.9. The smallest absolute Gasteiger partial charge is 0.104 e. The molecule has 2 aliphatic rings. The Bertz CT molecular complexity index is 3910. The van der Waals surface area contributed by atoms with Gasteiger partial charge in [0, 0.05) is 33.4 Å². The highest BCUT2D eigenvalue weighted by Crippen LogP contribution is 2.45. The minimum atomic E-state index is -0.906. The molecular formula is C106H184N6O12+6. The van der Waals surface area contributed by atoms with Gasteiger partial charge in [-0.25, -0.2) is 0 Å². The van der Waals surface area contributed by atoms with Crippen LogP contribution in [0.4, 0.5) is 0 Å². The summed E-state index contributed by atoms with van der Waals surface area (Å²) in [4.78, 5) is 0. The molecule has 0 bridgehead atoms. The number of benzene rings is 6. The van der Waals surface area contributed by atoms with Crippen LogP contribution in [0.2, 0.25) is 0 Å². The van der Waals surface area contributed by atoms with E-state index in [1.165, 1.54) is 22.3 Å². The van der Waals surface area contributed by atoms with Crippen LogP contribution < -0.4 is 0 Å². The van der Waals surface area contributed by atoms with Crippen molar-refractivity contribution in [1.29, 1.82) is 0 Å². The number of quaternary nitrogens is 6. The van der Waals surface area contributed by atoms with Crippen LogP contribution >= 0.6 is 0 Å². The minimum Gasteiger partial charge on any atom is -0.389 e. The van der Waals surface area contributed by atoms with E-state index in [2.05, 4.69) is 181 Å². The van der Waals surface area contributed by atoms with Gasteiger partial charge in [-0.3, -0.25) is 0 Å². The summed E-state index contributed by atoms with van der Waals surface area (Å²) in [6.45, 7) is 54.6. The highest BCUT2D eigenvalue weighted by Gasteiger charge is 2.39. The third-order valence-corrected chi connectivity index (χ3v) is 25.8. The Kier molecular flexibility index (Phi) is 41.8. The SMILES string of the molecule is CC(C)(O)c1cc(C[N+](C)(C)C)cc(C(C)(C)O)c1.CC(O)c1cc(C[N+](C)(C)C)cc(C(C)O)c1.CCC(O)(CC)c1cc(C[N+](C)(C)C)cc(C(O)(CC)CC)c1.CC[N+](CC)(CC)Cc1cc(C(C)(C)O)cc(C(C)(C)O)c1.CC[N+](CC)(CC)Cc1cc(C(C)O)cc(C(C)O)c1.C[N+](C)(C)Cc1cc(C2(O)CCCC2)cc(C2(O)CCCC2)c1. The van der Waals surface area contributed by atoms with Crippen LogP contribution in [-0.2, 0) is 84.1 Å². The van der Waals surface area contributed by atoms with Gasteiger partial charge >= 0.3 is 0 Å². The molecule has 4 atom stereocenters. The maximum Gasteiger partial charge on any atom is 0.104 e. The lowest BCUT2D eigenvalue weighted by molar-refractivity contribution is -0.936. The molecule has 0 aliphatic heterocycles. The molecule has 4 unspecified atom stereocenters. The highest BCUT2D eigenvalue weighted by atomic mass is 16.3. The lowest BCUT2D eigenvalue weighted by Crippen LogP contribution is -2.46. The molecule has 6 aromatic rings. The van der Waals surface area contributed by atoms with Crippen molar-refractivity contribution in [1.82, 2.24) is 0 Å². The van der Waals surface area contributed by atoms with Crippen LogP contribution in [-0.4, -0.2) is 212 Å². The lowest BCUT2D eigenvalue weighted by atomic mass is 9.81. The molecule has 0 aromatic heterocycles. The first-order valence-corrected chi connectivity index (χ1v) is 46.9. The third kappa shape index (κ3) is 35.8. The van der Waals surface area contributed by atoms with Crippen molar-refractivity contribution in [3.05, 3.63) is 209 Å². The van der Waals surface area contributed by atoms with Crippen LogP contribution in [0.15, 0.2) is 109 Å². The van der Waals surface area contributed by atoms with Gasteiger partial charge in [-0.2, -0.15) is 0 Å². The van der Waals surface area contributed by atoms with Crippen molar-refractivity contribution >= 4 is 0 Å². The number of nitrogens with zero attached hydrogens (tertiary/aromatic N) is 6. The lowest BCUT2D eigenvalue weighted by Gasteiger charge is -2.36. The van der Waals surface area contributed by atoms with E-state index in [0.717, 1.165) is 235 Å². The van der Waals surface area contributed by atoms with Crippen LogP contribution in [0.5, 0.6) is 0 Å². The fourth-order valence-electron chi connectivity index (χ4n) is 17.1. The van der Waals surface area contributed by atoms with E-state index in [4.69, 9.17) is 0 Å². The van der Waals surface area contributed by atoms with Gasteiger partial charge in [-0.05, 0) is 316 Å². The standard InChI is InChI=1S/C20H32NO2.C20H36NO2.C19H34NO2.C17H30NO2.C16H28NO2.C14H24NO2/c1-21(2,3)15-16-12-17(19(22)8-4-5-9-19)14-18(13-16)20(23)10-6-7-11-20;1-8-19(22,9-2)17-12-16(15-21(5,6)7)13-18(14-17)20(23,10-3)11-4;1-8-20(9-2,10-3)14-15-11-16(18(4,5)21)13-17(12-15)19(6,7)22;1-6-18(7-2,8-3)12-15-9-16(13(4)19)11-17(10-15)14(5)20;1-15(2,18)13-8-12(11-17(5,6)7)9-14(10-13)16(3,4)19;1-10(16)13-6-12(9-15(3,4)5)7-14(8-13)11(2)17/h12-14,22-23H,4-11,15H2,1-3H3;12-14,22-23H,8-11,15H2,1-7H3;11-13,21-22H,8-10,14H2,1-7H3;9-11,13-14,19-20H,6-8,12H2,1-5H3;8-10,18-19H,11H2,1-7H3;6-8,10-11,16-17H,9H2,1-5H3/q6*+1. The second-order valence-electron chi connectivity index (χ2n) is 43.3. The average molecular weight is 1730 g/mol. The van der Waals surface area contributed by atoms with E-state index in [1.807, 2.05) is 82.3 Å². The Morgan fingerprint density at radius 2 is 0.452 bits per heavy atom. The summed E-state index contributed by atoms with van der Waals surface area (Å²) < 4.78 is 5.34. The van der Waals surface area contributed by atoms with Crippen LogP contribution in [0.25, 0.3) is 0 Å². The zero-order valence-corrected chi connectivity index (χ0v) is 84.7. The summed E-state index contributed by atoms with van der Waals surface area (Å²) in [5.41, 5.74) is 11.3. The van der Waals surface area contributed by atoms with Gasteiger partial charge in [0.25, 0.3) is 0 Å². The predicted molar refractivity (Wildman–Crippen MR) is 514 cm³/mol. The number of aliphatic hydroxyl groups excluding tert-OH is 4. The first-order valence-electron chi connectivity index (χ1n) is 46.9. The average Bonchev–Trinajstić information content (AvgIpc) is 0.803. The molecule has 0 spiro atoms. The normalized spacial score (nSPS) is 15.9. The van der Waals surface area contributed by atoms with E-state index in [1.54, 1.807) is 83.1 Å². The maximum atomic E-state index is 11.0. The number of rotatable bonds is 34. The second-order valence-corrected chi connectivity index (χ2v) is 43.3. The Hall–Kier alpha value is -5.40. The fraction of sp³-hybridized carbons (Fsp3) is 0.660. The Balaban J connectivity index is 0.000000385. The molecule has 0 heterocycles. The summed E-state index contributed by atoms with van der Waals surface area (Å²) >= 11 is 0. The van der Waals surface area contributed by atoms with Gasteiger partial charge < -0.3 is 88.2 Å². The molecule has 2 fully saturated rings. The summed E-state index contributed by atoms with van der Waals surface area (Å²) in [5, 5.41) is 124. The third-order valence-electron chi connectivity index (χ3n) is 25.8. The van der Waals surface area contributed by atoms with Gasteiger partial charge in [0.05, 0.1) is 193 Å². The number of aliphatic hydroxyl groups is 12. The van der Waals surface area contributed by atoms with Crippen molar-refractivity contribution in [2.75, 3.05) is 124 Å². The van der Waals surface area contributed by atoms with E-state index >= 15 is 0 Å². The van der Waals surface area contributed by atoms with Crippen LogP contribution in [0.3, 0.4) is 0 Å². The van der Waals surface area contributed by atoms with E-state index in [9.17, 15) is 61.3 Å². The van der Waals surface area contributed by atoms with E-state index in [-0.39, 0.29) is 0 Å². The van der Waals surface area contributed by atoms with Crippen LogP contribution in [0.1, 0.15) is 354 Å². The van der Waals surface area contributed by atoms with Crippen molar-refractivity contribution in [2.24, 2.45) is 0 Å². The molecule has 8 rings (SSSR count). The molecule has 704 valence electrons. The van der Waals surface area contributed by atoms with Crippen molar-refractivity contribution in [2.45, 2.75) is 338 Å². The largest absolute Gasteiger partial charge is 0.389 e. The van der Waals surface area contributed by atoms with Gasteiger partial charge in [-0.1, -0.05) is 89.8 Å². The minimum absolute atomic E-state index is 0.500. The Morgan fingerprint density at radius 1 is 0.266 bits per heavy atom. The first-order chi connectivity index (χ1) is 56.6. The van der Waals surface area contributed by atoms with Crippen molar-refractivity contribution in [3.8, 4) is 0 Å². The summed E-state index contributed by atoms with van der Waals surface area (Å²) in [6, 6.07) is 36.7. The molecule has 0 saturated heterocycles. The van der Waals surface area contributed by atoms with Gasteiger partial charge in [0.1, 0.15) is 39.3 Å². The Morgan fingerprint density at radius 3 is 0.645 bits per heavy atom. The molecule has 18 nitrogen and oxygen atoms in total. The van der Waals surface area contributed by atoms with E-state index in [0.29, 0.717) is 25.7 Å². The molecule has 18 heteroatoms. The fourth-order valence-corrected chi connectivity index (χ4v) is 17.1. The van der Waals surface area contributed by atoms with Gasteiger partial charge in [0.15, 0.2) is 0 Å². The summed E-state index contributed by atoms with van der Waals surface area (Å²) in [7, 11) is 25.8. The molecule has 0 amide bonds. The molecule has 124 heavy (non-hydrogen) atoms. The molecule has 6 aromatic carbocycles. The molecule has 2 aliphatic carbocycles. The number of hydrogen-bond acceptors (Lipinski definition) is 12. The van der Waals surface area contributed by atoms with Crippen LogP contribution in [0, 0.1) is 0 Å². The first kappa shape index (κ1) is 113. The zero-order chi connectivity index (χ0) is 95.4. The maximum absolute atomic E-state index is 11.0. The summed E-state index contributed by atoms with van der Waals surface area (Å²) in [5.74, 6) is 0. The van der Waals surface area contributed by atoms with E-state index < -0.39 is 69.2 Å². The highest BCUT2D eigenvalue weighted by molar-refractivity contribution is 5.41. The molecule has 0 radical (unpaired) electrons. The van der Waals surface area contributed by atoms with Crippen molar-refractivity contribution < 1.29 is 88.2 Å². The zero-order valence-electron chi connectivity index (χ0n) is 84.7. The molecular weight excluding hydrogens is 1550 g/mol. The molecule has 12 N–H and O–H groups in total. The number of hydrogen-bond donors (Lipinski definition) is 12. The summed E-state index contributed by atoms with van der Waals surface area (Å²) in [6.07, 6.45) is 8.45. The molecule has 2 saturated carbocycles. The Labute approximate surface area is 755 Å². The van der Waals surface area contributed by atoms with Gasteiger partial charge in [0.2, 0.25) is 0 Å². The van der Waals surface area contributed by atoms with Gasteiger partial charge in [-0.15, -0.1) is 0 Å². The topological polar surface area (TPSA) is 243 Å². The monoisotopic (exact) mass is 1730 g/mol.